The fourth-order valence-electron chi connectivity index (χ4n) is 1.76. The number of sulfone groups is 1. The lowest BCUT2D eigenvalue weighted by molar-refractivity contribution is 0.354. The number of hydrogen-bond acceptors (Lipinski definition) is 5. The fraction of sp³-hybridized carbons (Fsp3) is 0.500. The van der Waals surface area contributed by atoms with E-state index in [0.717, 1.165) is 5.56 Å². The number of methoxy groups -OCH3 is 2. The van der Waals surface area contributed by atoms with Crippen molar-refractivity contribution < 1.29 is 17.9 Å². The molecule has 0 fully saturated rings. The topological polar surface area (TPSA) is 103 Å². The van der Waals surface area contributed by atoms with Gasteiger partial charge >= 0.3 is 0 Å². The number of guanidine groups is 1. The number of aliphatic imine (C=N–C) groups is 1. The number of halogens is 1. The first kappa shape index (κ1) is 21.8. The SMILES string of the molecule is COc1ccc(CN=C(N)NCCCS(C)(=O)=O)cc1OC.I. The second-order valence-corrected chi connectivity index (χ2v) is 7.06. The van der Waals surface area contributed by atoms with Crippen molar-refractivity contribution in [2.75, 3.05) is 32.8 Å². The van der Waals surface area contributed by atoms with Gasteiger partial charge in [-0.05, 0) is 24.1 Å². The summed E-state index contributed by atoms with van der Waals surface area (Å²) in [5.74, 6) is 1.70. The summed E-state index contributed by atoms with van der Waals surface area (Å²) in [4.78, 5) is 4.20. The van der Waals surface area contributed by atoms with Crippen molar-refractivity contribution in [3.05, 3.63) is 23.8 Å². The summed E-state index contributed by atoms with van der Waals surface area (Å²) in [6.45, 7) is 0.861. The molecule has 1 aromatic carbocycles. The van der Waals surface area contributed by atoms with Crippen LogP contribution in [0, 0.1) is 0 Å². The molecule has 0 aromatic heterocycles. The largest absolute Gasteiger partial charge is 0.493 e. The van der Waals surface area contributed by atoms with E-state index in [4.69, 9.17) is 15.2 Å². The van der Waals surface area contributed by atoms with Crippen LogP contribution in [0.3, 0.4) is 0 Å². The zero-order chi connectivity index (χ0) is 16.6. The van der Waals surface area contributed by atoms with Gasteiger partial charge < -0.3 is 20.5 Å². The minimum atomic E-state index is -2.94. The molecule has 0 aliphatic rings. The maximum atomic E-state index is 11.0. The van der Waals surface area contributed by atoms with Gasteiger partial charge in [-0.2, -0.15) is 0 Å². The molecule has 0 unspecified atom stereocenters. The van der Waals surface area contributed by atoms with E-state index in [0.29, 0.717) is 31.0 Å². The summed E-state index contributed by atoms with van der Waals surface area (Å²) >= 11 is 0. The smallest absolute Gasteiger partial charge is 0.188 e. The normalized spacial score (nSPS) is 11.5. The molecule has 7 nitrogen and oxygen atoms in total. The van der Waals surface area contributed by atoms with Crippen LogP contribution >= 0.6 is 24.0 Å². The fourth-order valence-corrected chi connectivity index (χ4v) is 2.43. The van der Waals surface area contributed by atoms with Gasteiger partial charge in [0, 0.05) is 12.8 Å². The molecule has 1 rings (SSSR count). The second kappa shape index (κ2) is 10.5. The maximum absolute atomic E-state index is 11.0. The van der Waals surface area contributed by atoms with Crippen molar-refractivity contribution in [2.45, 2.75) is 13.0 Å². The average Bonchev–Trinajstić information content (AvgIpc) is 2.48. The Hall–Kier alpha value is -1.23. The van der Waals surface area contributed by atoms with Gasteiger partial charge in [0.15, 0.2) is 17.5 Å². The number of hydrogen-bond donors (Lipinski definition) is 2. The van der Waals surface area contributed by atoms with E-state index in [1.54, 1.807) is 20.3 Å². The third-order valence-electron chi connectivity index (χ3n) is 2.88. The van der Waals surface area contributed by atoms with E-state index >= 15 is 0 Å². The van der Waals surface area contributed by atoms with Gasteiger partial charge in [-0.25, -0.2) is 13.4 Å². The Bertz CT molecular complexity index is 620. The summed E-state index contributed by atoms with van der Waals surface area (Å²) in [6.07, 6.45) is 1.70. The number of nitrogens with one attached hydrogen (secondary N) is 1. The van der Waals surface area contributed by atoms with E-state index in [2.05, 4.69) is 10.3 Å². The summed E-state index contributed by atoms with van der Waals surface area (Å²) in [5.41, 5.74) is 6.66. The zero-order valence-corrected chi connectivity index (χ0v) is 16.7. The highest BCUT2D eigenvalue weighted by Gasteiger charge is 2.04. The highest BCUT2D eigenvalue weighted by Crippen LogP contribution is 2.27. The average molecular weight is 457 g/mol. The zero-order valence-electron chi connectivity index (χ0n) is 13.5. The molecule has 0 atom stereocenters. The van der Waals surface area contributed by atoms with Gasteiger partial charge in [0.2, 0.25) is 0 Å². The molecule has 0 saturated carbocycles. The molecule has 0 bridgehead atoms. The Morgan fingerprint density at radius 3 is 2.48 bits per heavy atom. The molecule has 1 aromatic rings. The van der Waals surface area contributed by atoms with Crippen LogP contribution in [0.15, 0.2) is 23.2 Å². The number of benzene rings is 1. The number of nitrogens with two attached hydrogens (primary N) is 1. The van der Waals surface area contributed by atoms with Crippen molar-refractivity contribution >= 4 is 39.8 Å². The quantitative estimate of drug-likeness (QED) is 0.263. The molecule has 0 heterocycles. The molecule has 0 aliphatic carbocycles. The van der Waals surface area contributed by atoms with E-state index in [1.807, 2.05) is 12.1 Å². The molecule has 0 aliphatic heterocycles. The molecular weight excluding hydrogens is 433 g/mol. The molecule has 0 radical (unpaired) electrons. The minimum absolute atomic E-state index is 0. The van der Waals surface area contributed by atoms with Crippen molar-refractivity contribution in [1.82, 2.24) is 5.32 Å². The lowest BCUT2D eigenvalue weighted by Crippen LogP contribution is -2.33. The van der Waals surface area contributed by atoms with E-state index in [9.17, 15) is 8.42 Å². The van der Waals surface area contributed by atoms with Crippen molar-refractivity contribution in [3.8, 4) is 11.5 Å². The molecule has 0 spiro atoms. The third-order valence-corrected chi connectivity index (χ3v) is 3.91. The molecular formula is C14H24IN3O4S. The van der Waals surface area contributed by atoms with Crippen molar-refractivity contribution in [3.63, 3.8) is 0 Å². The number of nitrogens with zero attached hydrogens (tertiary/aromatic N) is 1. The first-order valence-corrected chi connectivity index (χ1v) is 8.84. The standard InChI is InChI=1S/C14H23N3O4S.HI/c1-20-12-6-5-11(9-13(12)21-2)10-17-14(15)16-7-4-8-22(3,18)19;/h5-6,9H,4,7-8,10H2,1-3H3,(H3,15,16,17);1H. The van der Waals surface area contributed by atoms with Crippen LogP contribution in [0.2, 0.25) is 0 Å². The highest BCUT2D eigenvalue weighted by atomic mass is 127. The number of rotatable bonds is 8. The van der Waals surface area contributed by atoms with Gasteiger partial charge in [-0.3, -0.25) is 0 Å². The van der Waals surface area contributed by atoms with E-state index < -0.39 is 9.84 Å². The van der Waals surface area contributed by atoms with Crippen LogP contribution in [0.1, 0.15) is 12.0 Å². The molecule has 132 valence electrons. The second-order valence-electron chi connectivity index (χ2n) is 4.80. The van der Waals surface area contributed by atoms with Gasteiger partial charge in [0.05, 0.1) is 26.5 Å². The summed E-state index contributed by atoms with van der Waals surface area (Å²) in [5, 5.41) is 2.88. The Morgan fingerprint density at radius 2 is 1.91 bits per heavy atom. The lowest BCUT2D eigenvalue weighted by atomic mass is 10.2. The molecule has 0 amide bonds. The lowest BCUT2D eigenvalue weighted by Gasteiger charge is -2.09. The Kier molecular flexibility index (Phi) is 9.96. The van der Waals surface area contributed by atoms with E-state index in [1.165, 1.54) is 6.26 Å². The Balaban J connectivity index is 0.00000484. The van der Waals surface area contributed by atoms with Crippen LogP contribution in [0.25, 0.3) is 0 Å². The van der Waals surface area contributed by atoms with Crippen molar-refractivity contribution in [2.24, 2.45) is 10.7 Å². The minimum Gasteiger partial charge on any atom is -0.493 e. The Morgan fingerprint density at radius 1 is 1.26 bits per heavy atom. The van der Waals surface area contributed by atoms with Crippen molar-refractivity contribution in [1.29, 1.82) is 0 Å². The van der Waals surface area contributed by atoms with E-state index in [-0.39, 0.29) is 35.7 Å². The van der Waals surface area contributed by atoms with Crippen LogP contribution < -0.4 is 20.5 Å². The van der Waals surface area contributed by atoms with Crippen LogP contribution in [0.4, 0.5) is 0 Å². The predicted octanol–water partition coefficient (Wildman–Crippen LogP) is 1.16. The maximum Gasteiger partial charge on any atom is 0.188 e. The van der Waals surface area contributed by atoms with Crippen LogP contribution in [-0.4, -0.2) is 47.2 Å². The monoisotopic (exact) mass is 457 g/mol. The number of ether oxygens (including phenoxy) is 2. The van der Waals surface area contributed by atoms with Crippen LogP contribution in [-0.2, 0) is 16.4 Å². The predicted molar refractivity (Wildman–Crippen MR) is 103 cm³/mol. The van der Waals surface area contributed by atoms with Crippen LogP contribution in [0.5, 0.6) is 11.5 Å². The molecule has 23 heavy (non-hydrogen) atoms. The summed E-state index contributed by atoms with van der Waals surface area (Å²) < 4.78 is 32.4. The van der Waals surface area contributed by atoms with Gasteiger partial charge in [-0.15, -0.1) is 24.0 Å². The van der Waals surface area contributed by atoms with Gasteiger partial charge in [0.25, 0.3) is 0 Å². The Labute approximate surface area is 154 Å². The third kappa shape index (κ3) is 8.84. The summed E-state index contributed by atoms with van der Waals surface area (Å²) in [6, 6.07) is 5.51. The first-order valence-electron chi connectivity index (χ1n) is 6.78. The molecule has 0 saturated heterocycles. The van der Waals surface area contributed by atoms with Gasteiger partial charge in [-0.1, -0.05) is 6.07 Å². The summed E-state index contributed by atoms with van der Waals surface area (Å²) in [7, 11) is 0.211. The first-order chi connectivity index (χ1) is 10.4. The molecule has 9 heteroatoms. The highest BCUT2D eigenvalue weighted by molar-refractivity contribution is 14.0. The van der Waals surface area contributed by atoms with Gasteiger partial charge in [0.1, 0.15) is 9.84 Å². The molecule has 3 N–H and O–H groups in total.